The zero-order chi connectivity index (χ0) is 28.8. The number of hydrogen-bond donors (Lipinski definition) is 0. The Morgan fingerprint density at radius 2 is 1.66 bits per heavy atom. The fraction of sp³-hybridized carbons (Fsp3) is 0.184. The molecule has 0 radical (unpaired) electrons. The lowest BCUT2D eigenvalue weighted by molar-refractivity contribution is 0.449. The molecule has 5 rings (SSSR count). The van der Waals surface area contributed by atoms with Crippen molar-refractivity contribution in [3.63, 3.8) is 0 Å². The summed E-state index contributed by atoms with van der Waals surface area (Å²) >= 11 is 0. The molecule has 4 aromatic rings. The van der Waals surface area contributed by atoms with E-state index >= 15 is 0 Å². The van der Waals surface area contributed by atoms with Gasteiger partial charge in [0.2, 0.25) is 0 Å². The molecule has 2 aromatic heterocycles. The van der Waals surface area contributed by atoms with Gasteiger partial charge in [0, 0.05) is 49.3 Å². The number of pyridine rings is 1. The molecule has 0 bridgehead atoms. The van der Waals surface area contributed by atoms with Crippen molar-refractivity contribution in [2.75, 3.05) is 7.05 Å². The van der Waals surface area contributed by atoms with Gasteiger partial charge in [-0.25, -0.2) is 0 Å². The molecule has 0 atom stereocenters. The summed E-state index contributed by atoms with van der Waals surface area (Å²) in [6.45, 7) is 7.25. The second kappa shape index (κ2) is 12.6. The third-order valence-electron chi connectivity index (χ3n) is 7.77. The van der Waals surface area contributed by atoms with E-state index in [1.54, 1.807) is 0 Å². The first-order chi connectivity index (χ1) is 20.0. The van der Waals surface area contributed by atoms with Crippen molar-refractivity contribution in [1.82, 2.24) is 14.5 Å². The maximum atomic E-state index is 5.40. The van der Waals surface area contributed by atoms with Crippen LogP contribution in [-0.2, 0) is 19.4 Å². The standard InChI is InChI=1S/C38H37N3/c1-6-9-28(3)24-30-11-15-32(16-12-30)33-17-13-31(14-18-33)25-34(29(4)7-2)10-8-22-41-37-19-21-39-26-35(37)36-27-40(5)23-20-38(36)41/h1,7-23,26H,24-25,27H2,2-5H3/b22-8+,28-9+,29-7-,34-10-. The molecule has 3 heteroatoms. The molecule has 41 heavy (non-hydrogen) atoms. The second-order valence-electron chi connectivity index (χ2n) is 10.8. The molecule has 0 spiro atoms. The number of allylic oxidation sites excluding steroid dienone is 7. The molecule has 1 aliphatic rings. The van der Waals surface area contributed by atoms with Crippen molar-refractivity contribution < 1.29 is 0 Å². The number of rotatable bonds is 8. The summed E-state index contributed by atoms with van der Waals surface area (Å²) in [7, 11) is 2.11. The SMILES string of the molecule is C#C/C=C(\C)Cc1ccc(-c2ccc(CC(=C/C=C/n3c4c(c5cnccc53)CN(C)C=C4)/C(C)=C\C)cc2)cc1. The molecule has 0 saturated heterocycles. The van der Waals surface area contributed by atoms with Gasteiger partial charge in [-0.1, -0.05) is 77.7 Å². The van der Waals surface area contributed by atoms with E-state index < -0.39 is 0 Å². The minimum Gasteiger partial charge on any atom is -0.376 e. The van der Waals surface area contributed by atoms with Gasteiger partial charge >= 0.3 is 0 Å². The van der Waals surface area contributed by atoms with E-state index in [1.807, 2.05) is 18.5 Å². The summed E-state index contributed by atoms with van der Waals surface area (Å²) in [5, 5.41) is 1.21. The van der Waals surface area contributed by atoms with Crippen LogP contribution in [0.25, 0.3) is 34.3 Å². The van der Waals surface area contributed by atoms with Crippen LogP contribution in [-0.4, -0.2) is 21.5 Å². The van der Waals surface area contributed by atoms with Crippen molar-refractivity contribution in [1.29, 1.82) is 0 Å². The van der Waals surface area contributed by atoms with Crippen LogP contribution < -0.4 is 0 Å². The molecule has 0 unspecified atom stereocenters. The highest BCUT2D eigenvalue weighted by molar-refractivity contribution is 5.90. The number of hydrogen-bond acceptors (Lipinski definition) is 2. The lowest BCUT2D eigenvalue weighted by atomic mass is 9.96. The predicted molar refractivity (Wildman–Crippen MR) is 175 cm³/mol. The van der Waals surface area contributed by atoms with E-state index in [2.05, 4.69) is 139 Å². The van der Waals surface area contributed by atoms with Gasteiger partial charge in [-0.2, -0.15) is 0 Å². The van der Waals surface area contributed by atoms with E-state index in [4.69, 9.17) is 6.42 Å². The Balaban J connectivity index is 1.35. The Bertz CT molecular complexity index is 1730. The minimum absolute atomic E-state index is 0.875. The maximum Gasteiger partial charge on any atom is 0.0563 e. The van der Waals surface area contributed by atoms with E-state index in [-0.39, 0.29) is 0 Å². The molecule has 2 aromatic carbocycles. The highest BCUT2D eigenvalue weighted by Crippen LogP contribution is 2.31. The molecule has 3 nitrogen and oxygen atoms in total. The number of fused-ring (bicyclic) bond motifs is 3. The number of terminal acetylenes is 1. The van der Waals surface area contributed by atoms with Crippen LogP contribution in [0, 0.1) is 12.3 Å². The summed E-state index contributed by atoms with van der Waals surface area (Å²) in [6, 6.07) is 19.8. The number of nitrogens with zero attached hydrogens (tertiary/aromatic N) is 3. The largest absolute Gasteiger partial charge is 0.376 e. The van der Waals surface area contributed by atoms with E-state index in [0.717, 1.165) is 19.4 Å². The molecule has 0 saturated carbocycles. The zero-order valence-corrected chi connectivity index (χ0v) is 24.4. The Morgan fingerprint density at radius 1 is 0.976 bits per heavy atom. The quantitative estimate of drug-likeness (QED) is 0.166. The molecular formula is C38H37N3. The summed E-state index contributed by atoms with van der Waals surface area (Å²) < 4.78 is 2.28. The molecular weight excluding hydrogens is 498 g/mol. The Morgan fingerprint density at radius 3 is 2.32 bits per heavy atom. The predicted octanol–water partition coefficient (Wildman–Crippen LogP) is 8.85. The molecule has 0 amide bonds. The lowest BCUT2D eigenvalue weighted by Gasteiger charge is -2.19. The summed E-state index contributed by atoms with van der Waals surface area (Å²) in [6.07, 6.45) is 26.0. The Hall–Kier alpha value is -4.81. The van der Waals surface area contributed by atoms with Crippen LogP contribution in [0.15, 0.2) is 114 Å². The van der Waals surface area contributed by atoms with Crippen LogP contribution >= 0.6 is 0 Å². The first-order valence-corrected chi connectivity index (χ1v) is 14.1. The Labute approximate surface area is 244 Å². The molecule has 204 valence electrons. The summed E-state index contributed by atoms with van der Waals surface area (Å²) in [5.41, 5.74) is 12.5. The first kappa shape index (κ1) is 27.7. The van der Waals surface area contributed by atoms with Gasteiger partial charge in [0.1, 0.15) is 0 Å². The Kier molecular flexibility index (Phi) is 8.51. The number of benzene rings is 2. The van der Waals surface area contributed by atoms with Gasteiger partial charge in [-0.05, 0) is 85.7 Å². The molecule has 3 heterocycles. The maximum absolute atomic E-state index is 5.40. The van der Waals surface area contributed by atoms with E-state index in [1.165, 1.54) is 61.1 Å². The topological polar surface area (TPSA) is 21.1 Å². The van der Waals surface area contributed by atoms with Gasteiger partial charge < -0.3 is 9.47 Å². The summed E-state index contributed by atoms with van der Waals surface area (Å²) in [4.78, 5) is 6.59. The zero-order valence-electron chi connectivity index (χ0n) is 24.4. The van der Waals surface area contributed by atoms with Crippen LogP contribution in [0.2, 0.25) is 0 Å². The van der Waals surface area contributed by atoms with Crippen LogP contribution in [0.5, 0.6) is 0 Å². The third-order valence-corrected chi connectivity index (χ3v) is 7.77. The van der Waals surface area contributed by atoms with Crippen molar-refractivity contribution in [2.24, 2.45) is 0 Å². The highest BCUT2D eigenvalue weighted by atomic mass is 15.1. The molecule has 1 aliphatic heterocycles. The molecule has 0 fully saturated rings. The van der Waals surface area contributed by atoms with Crippen molar-refractivity contribution in [3.05, 3.63) is 137 Å². The second-order valence-corrected chi connectivity index (χ2v) is 10.8. The third kappa shape index (κ3) is 6.34. The normalized spacial score (nSPS) is 14.1. The lowest BCUT2D eigenvalue weighted by Crippen LogP contribution is -2.14. The van der Waals surface area contributed by atoms with Crippen molar-refractivity contribution >= 4 is 23.2 Å². The van der Waals surface area contributed by atoms with Gasteiger partial charge in [0.15, 0.2) is 0 Å². The van der Waals surface area contributed by atoms with Gasteiger partial charge in [-0.3, -0.25) is 4.98 Å². The van der Waals surface area contributed by atoms with Gasteiger partial charge in [0.25, 0.3) is 0 Å². The smallest absolute Gasteiger partial charge is 0.0563 e. The van der Waals surface area contributed by atoms with Crippen LogP contribution in [0.3, 0.4) is 0 Å². The summed E-state index contributed by atoms with van der Waals surface area (Å²) in [5.74, 6) is 2.61. The average Bonchev–Trinajstić information content (AvgIpc) is 3.29. The highest BCUT2D eigenvalue weighted by Gasteiger charge is 2.17. The number of aromatic nitrogens is 2. The fourth-order valence-corrected chi connectivity index (χ4v) is 5.38. The van der Waals surface area contributed by atoms with Gasteiger partial charge in [-0.15, -0.1) is 6.42 Å². The van der Waals surface area contributed by atoms with Crippen LogP contribution in [0.4, 0.5) is 0 Å². The molecule has 0 N–H and O–H groups in total. The van der Waals surface area contributed by atoms with Gasteiger partial charge in [0.05, 0.1) is 11.2 Å². The first-order valence-electron chi connectivity index (χ1n) is 14.1. The van der Waals surface area contributed by atoms with Crippen molar-refractivity contribution in [3.8, 4) is 23.5 Å². The monoisotopic (exact) mass is 535 g/mol. The fourth-order valence-electron chi connectivity index (χ4n) is 5.38. The van der Waals surface area contributed by atoms with E-state index in [0.29, 0.717) is 0 Å². The minimum atomic E-state index is 0.875. The van der Waals surface area contributed by atoms with Crippen LogP contribution in [0.1, 0.15) is 43.2 Å². The van der Waals surface area contributed by atoms with Crippen molar-refractivity contribution in [2.45, 2.75) is 40.2 Å². The van der Waals surface area contributed by atoms with E-state index in [9.17, 15) is 0 Å². The average molecular weight is 536 g/mol. The molecule has 0 aliphatic carbocycles.